The number of para-hydroxylation sites is 1. The Morgan fingerprint density at radius 2 is 1.82 bits per heavy atom. The van der Waals surface area contributed by atoms with Crippen LogP contribution >= 0.6 is 0 Å². The van der Waals surface area contributed by atoms with E-state index in [9.17, 15) is 10.1 Å². The Morgan fingerprint density at radius 3 is 2.54 bits per heavy atom. The second-order valence-electron chi connectivity index (χ2n) is 6.94. The van der Waals surface area contributed by atoms with Gasteiger partial charge in [0.1, 0.15) is 23.2 Å². The van der Waals surface area contributed by atoms with Crippen molar-refractivity contribution in [1.82, 2.24) is 0 Å². The fraction of sp³-hybridized carbons (Fsp3) is 0.217. The summed E-state index contributed by atoms with van der Waals surface area (Å²) in [4.78, 5) is 13.2. The lowest BCUT2D eigenvalue weighted by atomic mass is 9.73. The van der Waals surface area contributed by atoms with Gasteiger partial charge in [-0.15, -0.1) is 0 Å². The smallest absolute Gasteiger partial charge is 0.205 e. The summed E-state index contributed by atoms with van der Waals surface area (Å²) in [6, 6.07) is 19.4. The van der Waals surface area contributed by atoms with Gasteiger partial charge in [-0.2, -0.15) is 5.26 Å². The summed E-state index contributed by atoms with van der Waals surface area (Å²) in [5.74, 6) is 0.651. The molecule has 2 atom stereocenters. The van der Waals surface area contributed by atoms with E-state index in [0.717, 1.165) is 11.1 Å². The summed E-state index contributed by atoms with van der Waals surface area (Å²) in [5.41, 5.74) is 8.69. The van der Waals surface area contributed by atoms with Crippen LogP contribution in [0.1, 0.15) is 35.8 Å². The number of allylic oxidation sites excluding steroid dienone is 3. The second kappa shape index (κ2) is 7.24. The van der Waals surface area contributed by atoms with E-state index in [1.54, 1.807) is 7.11 Å². The maximum absolute atomic E-state index is 13.2. The van der Waals surface area contributed by atoms with Gasteiger partial charge in [-0.3, -0.25) is 4.79 Å². The van der Waals surface area contributed by atoms with Gasteiger partial charge in [0, 0.05) is 24.0 Å². The molecule has 2 aromatic rings. The van der Waals surface area contributed by atoms with Gasteiger partial charge in [-0.1, -0.05) is 48.5 Å². The van der Waals surface area contributed by atoms with Crippen molar-refractivity contribution in [2.75, 3.05) is 7.11 Å². The fourth-order valence-electron chi connectivity index (χ4n) is 4.08. The normalized spacial score (nSPS) is 21.6. The molecule has 5 heteroatoms. The molecule has 0 fully saturated rings. The van der Waals surface area contributed by atoms with Gasteiger partial charge in [0.2, 0.25) is 5.88 Å². The first-order valence-corrected chi connectivity index (χ1v) is 9.15. The zero-order chi connectivity index (χ0) is 19.7. The molecule has 2 aromatic carbocycles. The van der Waals surface area contributed by atoms with E-state index in [0.29, 0.717) is 29.9 Å². The van der Waals surface area contributed by atoms with Crippen LogP contribution in [0.3, 0.4) is 0 Å². The summed E-state index contributed by atoms with van der Waals surface area (Å²) >= 11 is 0. The van der Waals surface area contributed by atoms with Crippen LogP contribution in [-0.4, -0.2) is 12.9 Å². The number of nitrogens with zero attached hydrogens (tertiary/aromatic N) is 1. The second-order valence-corrected chi connectivity index (χ2v) is 6.94. The van der Waals surface area contributed by atoms with Gasteiger partial charge >= 0.3 is 0 Å². The van der Waals surface area contributed by atoms with E-state index in [1.165, 1.54) is 0 Å². The number of nitrogens with two attached hydrogens (primary N) is 1. The average molecular weight is 372 g/mol. The maximum Gasteiger partial charge on any atom is 0.205 e. The number of methoxy groups -OCH3 is 1. The monoisotopic (exact) mass is 372 g/mol. The van der Waals surface area contributed by atoms with Crippen LogP contribution in [0, 0.1) is 11.3 Å². The van der Waals surface area contributed by atoms with Gasteiger partial charge < -0.3 is 15.2 Å². The van der Waals surface area contributed by atoms with Crippen molar-refractivity contribution in [3.8, 4) is 11.8 Å². The summed E-state index contributed by atoms with van der Waals surface area (Å²) in [5, 5.41) is 9.72. The van der Waals surface area contributed by atoms with Crippen LogP contribution in [-0.2, 0) is 9.53 Å². The molecule has 28 heavy (non-hydrogen) atoms. The molecule has 1 aliphatic heterocycles. The Balaban J connectivity index is 1.83. The molecule has 0 aromatic heterocycles. The number of hydrogen-bond donors (Lipinski definition) is 1. The van der Waals surface area contributed by atoms with E-state index >= 15 is 0 Å². The van der Waals surface area contributed by atoms with Gasteiger partial charge in [-0.05, 0) is 17.5 Å². The first-order valence-electron chi connectivity index (χ1n) is 9.15. The fourth-order valence-corrected chi connectivity index (χ4v) is 4.08. The van der Waals surface area contributed by atoms with Gasteiger partial charge in [0.15, 0.2) is 5.78 Å². The van der Waals surface area contributed by atoms with Crippen molar-refractivity contribution < 1.29 is 14.3 Å². The minimum Gasteiger partial charge on any atom is -0.496 e. The minimum atomic E-state index is -0.575. The lowest BCUT2D eigenvalue weighted by Crippen LogP contribution is -2.30. The number of hydrogen-bond acceptors (Lipinski definition) is 5. The van der Waals surface area contributed by atoms with Gasteiger partial charge in [-0.25, -0.2) is 0 Å². The predicted octanol–water partition coefficient (Wildman–Crippen LogP) is 3.90. The zero-order valence-electron chi connectivity index (χ0n) is 15.5. The summed E-state index contributed by atoms with van der Waals surface area (Å²) in [6.07, 6.45) is 0.937. The van der Waals surface area contributed by atoms with Crippen LogP contribution in [0.2, 0.25) is 0 Å². The van der Waals surface area contributed by atoms with E-state index < -0.39 is 5.92 Å². The van der Waals surface area contributed by atoms with Crippen molar-refractivity contribution in [3.63, 3.8) is 0 Å². The minimum absolute atomic E-state index is 0.0220. The highest BCUT2D eigenvalue weighted by atomic mass is 16.5. The number of carbonyl (C=O) groups excluding carboxylic acids is 1. The molecule has 1 heterocycles. The van der Waals surface area contributed by atoms with Crippen molar-refractivity contribution in [1.29, 1.82) is 5.26 Å². The van der Waals surface area contributed by atoms with Gasteiger partial charge in [0.25, 0.3) is 0 Å². The molecule has 0 amide bonds. The van der Waals surface area contributed by atoms with Crippen molar-refractivity contribution in [3.05, 3.63) is 88.5 Å². The molecule has 4 rings (SSSR count). The molecule has 1 aliphatic carbocycles. The Hall–Kier alpha value is -3.52. The van der Waals surface area contributed by atoms with Gasteiger partial charge in [0.05, 0.1) is 13.0 Å². The van der Waals surface area contributed by atoms with Crippen LogP contribution in [0.4, 0.5) is 0 Å². The number of nitriles is 1. The topological polar surface area (TPSA) is 85.3 Å². The van der Waals surface area contributed by atoms with E-state index in [4.69, 9.17) is 15.2 Å². The lowest BCUT2D eigenvalue weighted by molar-refractivity contribution is -0.117. The van der Waals surface area contributed by atoms with Crippen LogP contribution in [0.5, 0.6) is 5.75 Å². The van der Waals surface area contributed by atoms with Crippen molar-refractivity contribution in [2.45, 2.75) is 24.7 Å². The number of rotatable bonds is 3. The van der Waals surface area contributed by atoms with Crippen LogP contribution in [0.25, 0.3) is 0 Å². The Labute approximate surface area is 163 Å². The first-order chi connectivity index (χ1) is 13.6. The molecular weight excluding hydrogens is 352 g/mol. The molecule has 0 unspecified atom stereocenters. The molecule has 2 N–H and O–H groups in total. The maximum atomic E-state index is 13.2. The van der Waals surface area contributed by atoms with E-state index in [-0.39, 0.29) is 23.2 Å². The van der Waals surface area contributed by atoms with Crippen LogP contribution < -0.4 is 10.5 Å². The van der Waals surface area contributed by atoms with Crippen LogP contribution in [0.15, 0.2) is 77.4 Å². The molecule has 2 aliphatic rings. The Morgan fingerprint density at radius 1 is 1.11 bits per heavy atom. The molecule has 140 valence electrons. The third-order valence-electron chi connectivity index (χ3n) is 5.38. The number of Topliss-reactive ketones (excluding diaryl/α,β-unsaturated/α-hetero) is 1. The molecule has 0 bridgehead atoms. The SMILES string of the molecule is COc1ccccc1[C@H]1C(C#N)=C(N)OC2=C1C(=O)C[C@@H](c1ccccc1)C2. The molecule has 0 spiro atoms. The Bertz CT molecular complexity index is 1030. The zero-order valence-corrected chi connectivity index (χ0v) is 15.5. The number of carbonyl (C=O) groups is 1. The largest absolute Gasteiger partial charge is 0.496 e. The lowest BCUT2D eigenvalue weighted by Gasteiger charge is -2.34. The molecule has 0 saturated heterocycles. The van der Waals surface area contributed by atoms with Crippen molar-refractivity contribution >= 4 is 5.78 Å². The summed E-state index contributed by atoms with van der Waals surface area (Å²) in [6.45, 7) is 0. The van der Waals surface area contributed by atoms with E-state index in [2.05, 4.69) is 6.07 Å². The highest BCUT2D eigenvalue weighted by Gasteiger charge is 2.41. The first kappa shape index (κ1) is 17.9. The number of benzene rings is 2. The highest BCUT2D eigenvalue weighted by Crippen LogP contribution is 2.48. The average Bonchev–Trinajstić information content (AvgIpc) is 2.73. The molecular formula is C23H20N2O3. The third-order valence-corrected chi connectivity index (χ3v) is 5.38. The van der Waals surface area contributed by atoms with Crippen molar-refractivity contribution in [2.24, 2.45) is 5.73 Å². The quantitative estimate of drug-likeness (QED) is 0.883. The highest BCUT2D eigenvalue weighted by molar-refractivity contribution is 6.00. The number of ether oxygens (including phenoxy) is 2. The molecule has 0 radical (unpaired) electrons. The standard InChI is InChI=1S/C23H20N2O3/c1-27-19-10-6-5-9-16(19)21-17(13-24)23(25)28-20-12-15(11-18(26)22(20)21)14-7-3-2-4-8-14/h2-10,15,21H,11-12,25H2,1H3/t15-,21+/m1/s1. The third kappa shape index (κ3) is 2.93. The summed E-state index contributed by atoms with van der Waals surface area (Å²) in [7, 11) is 1.57. The Kier molecular flexibility index (Phi) is 4.62. The molecule has 5 nitrogen and oxygen atoms in total. The molecule has 0 saturated carbocycles. The summed E-state index contributed by atoms with van der Waals surface area (Å²) < 4.78 is 11.3. The number of ketones is 1. The van der Waals surface area contributed by atoms with E-state index in [1.807, 2.05) is 54.6 Å². The predicted molar refractivity (Wildman–Crippen MR) is 104 cm³/mol.